The molecule has 0 amide bonds. The molecule has 0 bridgehead atoms. The SMILES string of the molecule is CC1=N[C@@H](C)NN1. The van der Waals surface area contributed by atoms with Gasteiger partial charge < -0.3 is 5.43 Å². The zero-order valence-corrected chi connectivity index (χ0v) is 4.52. The number of hydrogen-bond donors (Lipinski definition) is 2. The van der Waals surface area contributed by atoms with Crippen molar-refractivity contribution in [2.45, 2.75) is 20.0 Å². The molecule has 0 aromatic heterocycles. The maximum Gasteiger partial charge on any atom is 0.115 e. The van der Waals surface area contributed by atoms with E-state index >= 15 is 0 Å². The third-order valence-corrected chi connectivity index (χ3v) is 0.849. The van der Waals surface area contributed by atoms with Gasteiger partial charge in [-0.05, 0) is 13.8 Å². The van der Waals surface area contributed by atoms with E-state index in [-0.39, 0.29) is 6.17 Å². The standard InChI is InChI=1S/C4H9N3/c1-3-5-4(2)7-6-3/h3,6H,1-2H3,(H,5,7)/t3-/m1/s1. The molecule has 0 aromatic rings. The quantitative estimate of drug-likeness (QED) is 0.443. The number of aliphatic imine (C=N–C) groups is 1. The number of nitrogens with one attached hydrogen (secondary N) is 2. The topological polar surface area (TPSA) is 36.4 Å². The molecule has 1 rings (SSSR count). The van der Waals surface area contributed by atoms with Gasteiger partial charge in [0, 0.05) is 0 Å². The van der Waals surface area contributed by atoms with Crippen molar-refractivity contribution in [1.82, 2.24) is 10.9 Å². The van der Waals surface area contributed by atoms with E-state index in [0.29, 0.717) is 0 Å². The summed E-state index contributed by atoms with van der Waals surface area (Å²) >= 11 is 0. The Hall–Kier alpha value is -0.570. The van der Waals surface area contributed by atoms with E-state index in [9.17, 15) is 0 Å². The van der Waals surface area contributed by atoms with Crippen molar-refractivity contribution < 1.29 is 0 Å². The predicted octanol–water partition coefficient (Wildman–Crippen LogP) is -0.141. The molecule has 3 nitrogen and oxygen atoms in total. The second kappa shape index (κ2) is 1.50. The maximum atomic E-state index is 4.08. The van der Waals surface area contributed by atoms with Gasteiger partial charge in [-0.15, -0.1) is 0 Å². The van der Waals surface area contributed by atoms with Gasteiger partial charge >= 0.3 is 0 Å². The van der Waals surface area contributed by atoms with Crippen LogP contribution < -0.4 is 10.9 Å². The molecule has 0 radical (unpaired) electrons. The Morgan fingerprint density at radius 2 is 2.43 bits per heavy atom. The fourth-order valence-corrected chi connectivity index (χ4v) is 0.564. The van der Waals surface area contributed by atoms with E-state index in [2.05, 4.69) is 15.8 Å². The highest BCUT2D eigenvalue weighted by atomic mass is 15.5. The Labute approximate surface area is 42.8 Å². The fraction of sp³-hybridized carbons (Fsp3) is 0.750. The highest BCUT2D eigenvalue weighted by Gasteiger charge is 2.03. The molecule has 40 valence electrons. The van der Waals surface area contributed by atoms with Crippen LogP contribution in [0, 0.1) is 0 Å². The highest BCUT2D eigenvalue weighted by Crippen LogP contribution is 1.87. The van der Waals surface area contributed by atoms with Crippen LogP contribution in [0.1, 0.15) is 13.8 Å². The predicted molar refractivity (Wildman–Crippen MR) is 28.8 cm³/mol. The third-order valence-electron chi connectivity index (χ3n) is 0.849. The minimum absolute atomic E-state index is 0.250. The summed E-state index contributed by atoms with van der Waals surface area (Å²) in [7, 11) is 0. The summed E-state index contributed by atoms with van der Waals surface area (Å²) in [6.45, 7) is 3.92. The second-order valence-corrected chi connectivity index (χ2v) is 1.66. The van der Waals surface area contributed by atoms with Crippen molar-refractivity contribution in [2.75, 3.05) is 0 Å². The molecular formula is C4H9N3. The van der Waals surface area contributed by atoms with Crippen LogP contribution in [0.3, 0.4) is 0 Å². The molecule has 0 unspecified atom stereocenters. The van der Waals surface area contributed by atoms with Crippen molar-refractivity contribution in [3.63, 3.8) is 0 Å². The summed E-state index contributed by atoms with van der Waals surface area (Å²) in [6.07, 6.45) is 0.250. The van der Waals surface area contributed by atoms with Crippen LogP contribution in [0.4, 0.5) is 0 Å². The van der Waals surface area contributed by atoms with Crippen molar-refractivity contribution in [3.05, 3.63) is 0 Å². The lowest BCUT2D eigenvalue weighted by Crippen LogP contribution is -2.32. The van der Waals surface area contributed by atoms with Gasteiger partial charge in [0.1, 0.15) is 12.0 Å². The molecule has 0 aliphatic carbocycles. The van der Waals surface area contributed by atoms with Crippen LogP contribution >= 0.6 is 0 Å². The average Bonchev–Trinajstić information content (AvgIpc) is 1.87. The highest BCUT2D eigenvalue weighted by molar-refractivity contribution is 5.80. The monoisotopic (exact) mass is 99.1 g/mol. The van der Waals surface area contributed by atoms with Gasteiger partial charge in [-0.25, -0.2) is 5.43 Å². The molecular weight excluding hydrogens is 90.1 g/mol. The van der Waals surface area contributed by atoms with Crippen molar-refractivity contribution in [1.29, 1.82) is 0 Å². The summed E-state index contributed by atoms with van der Waals surface area (Å²) in [5.41, 5.74) is 5.78. The number of rotatable bonds is 0. The lowest BCUT2D eigenvalue weighted by molar-refractivity contribution is 0.589. The van der Waals surface area contributed by atoms with E-state index in [4.69, 9.17) is 0 Å². The van der Waals surface area contributed by atoms with Gasteiger partial charge in [0.2, 0.25) is 0 Å². The van der Waals surface area contributed by atoms with Crippen molar-refractivity contribution in [3.8, 4) is 0 Å². The lowest BCUT2D eigenvalue weighted by atomic mass is 10.6. The van der Waals surface area contributed by atoms with Gasteiger partial charge in [0.25, 0.3) is 0 Å². The van der Waals surface area contributed by atoms with E-state index < -0.39 is 0 Å². The minimum atomic E-state index is 0.250. The minimum Gasteiger partial charge on any atom is -0.308 e. The van der Waals surface area contributed by atoms with Gasteiger partial charge in [-0.2, -0.15) is 0 Å². The Kier molecular flexibility index (Phi) is 0.982. The van der Waals surface area contributed by atoms with Gasteiger partial charge in [0.05, 0.1) is 0 Å². The van der Waals surface area contributed by atoms with Crippen LogP contribution in [-0.2, 0) is 0 Å². The number of nitrogens with zero attached hydrogens (tertiary/aromatic N) is 1. The van der Waals surface area contributed by atoms with Crippen LogP contribution in [0.5, 0.6) is 0 Å². The first-order chi connectivity index (χ1) is 3.29. The average molecular weight is 99.1 g/mol. The van der Waals surface area contributed by atoms with Crippen molar-refractivity contribution >= 4 is 5.84 Å². The maximum absolute atomic E-state index is 4.08. The van der Waals surface area contributed by atoms with E-state index in [1.807, 2.05) is 13.8 Å². The molecule has 1 atom stereocenters. The first-order valence-electron chi connectivity index (χ1n) is 2.35. The van der Waals surface area contributed by atoms with Gasteiger partial charge in [-0.1, -0.05) is 0 Å². The Bertz CT molecular complexity index is 97.1. The van der Waals surface area contributed by atoms with Crippen LogP contribution in [0.25, 0.3) is 0 Å². The summed E-state index contributed by atoms with van der Waals surface area (Å²) < 4.78 is 0. The molecule has 1 aliphatic heterocycles. The number of hydrazine groups is 1. The summed E-state index contributed by atoms with van der Waals surface area (Å²) in [4.78, 5) is 4.08. The van der Waals surface area contributed by atoms with E-state index in [0.717, 1.165) is 5.84 Å². The van der Waals surface area contributed by atoms with Crippen LogP contribution in [0.2, 0.25) is 0 Å². The van der Waals surface area contributed by atoms with Crippen LogP contribution in [-0.4, -0.2) is 12.0 Å². The molecule has 0 fully saturated rings. The lowest BCUT2D eigenvalue weighted by Gasteiger charge is -1.94. The molecule has 7 heavy (non-hydrogen) atoms. The van der Waals surface area contributed by atoms with E-state index in [1.54, 1.807) is 0 Å². The molecule has 0 saturated heterocycles. The normalized spacial score (nSPS) is 29.4. The Morgan fingerprint density at radius 1 is 1.71 bits per heavy atom. The number of hydrogen-bond acceptors (Lipinski definition) is 3. The first kappa shape index (κ1) is 4.59. The molecule has 1 aliphatic rings. The van der Waals surface area contributed by atoms with Crippen LogP contribution in [0.15, 0.2) is 4.99 Å². The number of amidine groups is 1. The molecule has 0 saturated carbocycles. The van der Waals surface area contributed by atoms with Gasteiger partial charge in [0.15, 0.2) is 0 Å². The zero-order chi connectivity index (χ0) is 5.28. The van der Waals surface area contributed by atoms with Gasteiger partial charge in [-0.3, -0.25) is 4.99 Å². The molecule has 1 heterocycles. The molecule has 2 N–H and O–H groups in total. The largest absolute Gasteiger partial charge is 0.308 e. The summed E-state index contributed by atoms with van der Waals surface area (Å²) in [5, 5.41) is 0. The second-order valence-electron chi connectivity index (χ2n) is 1.66. The smallest absolute Gasteiger partial charge is 0.115 e. The Morgan fingerprint density at radius 3 is 2.57 bits per heavy atom. The zero-order valence-electron chi connectivity index (χ0n) is 4.52. The molecule has 0 spiro atoms. The summed E-state index contributed by atoms with van der Waals surface area (Å²) in [5.74, 6) is 0.965. The molecule has 3 heteroatoms. The van der Waals surface area contributed by atoms with E-state index in [1.165, 1.54) is 0 Å². The first-order valence-corrected chi connectivity index (χ1v) is 2.35. The Balaban J connectivity index is 2.50. The fourth-order valence-electron chi connectivity index (χ4n) is 0.564. The van der Waals surface area contributed by atoms with Crippen molar-refractivity contribution in [2.24, 2.45) is 4.99 Å². The third kappa shape index (κ3) is 0.899. The molecule has 0 aromatic carbocycles. The summed E-state index contributed by atoms with van der Waals surface area (Å²) in [6, 6.07) is 0.